The molecule has 0 aromatic heterocycles. The van der Waals surface area contributed by atoms with Crippen molar-refractivity contribution in [3.05, 3.63) is 65.5 Å². The second-order valence-electron chi connectivity index (χ2n) is 4.55. The van der Waals surface area contributed by atoms with Crippen LogP contribution in [-0.4, -0.2) is 20.1 Å². The van der Waals surface area contributed by atoms with Crippen molar-refractivity contribution < 1.29 is 17.9 Å². The molecule has 0 aliphatic rings. The predicted octanol–water partition coefficient (Wildman–Crippen LogP) is 1.84. The first-order valence-corrected chi connectivity index (χ1v) is 7.94. The van der Waals surface area contributed by atoms with E-state index in [2.05, 4.69) is 4.72 Å². The summed E-state index contributed by atoms with van der Waals surface area (Å²) in [5.74, 6) is -0.766. The standard InChI is InChI=1S/C15H16FNO3S/c16-14-3-1-2-4-15(14)21(19,20)17-10-9-12-5-7-13(11-18)8-6-12/h1-8,17-18H,9-11H2. The minimum Gasteiger partial charge on any atom is -0.392 e. The molecule has 0 spiro atoms. The molecule has 0 bridgehead atoms. The van der Waals surface area contributed by atoms with Gasteiger partial charge in [0.15, 0.2) is 0 Å². The van der Waals surface area contributed by atoms with Crippen molar-refractivity contribution in [2.75, 3.05) is 6.54 Å². The zero-order valence-electron chi connectivity index (χ0n) is 11.3. The van der Waals surface area contributed by atoms with Crippen LogP contribution in [0.15, 0.2) is 53.4 Å². The molecule has 0 saturated carbocycles. The van der Waals surface area contributed by atoms with Gasteiger partial charge in [0.25, 0.3) is 0 Å². The van der Waals surface area contributed by atoms with Gasteiger partial charge in [-0.15, -0.1) is 0 Å². The zero-order chi connectivity index (χ0) is 15.3. The maximum absolute atomic E-state index is 13.5. The molecule has 0 unspecified atom stereocenters. The fraction of sp³-hybridized carbons (Fsp3) is 0.200. The summed E-state index contributed by atoms with van der Waals surface area (Å²) in [7, 11) is -3.84. The monoisotopic (exact) mass is 309 g/mol. The fourth-order valence-corrected chi connectivity index (χ4v) is 2.99. The maximum Gasteiger partial charge on any atom is 0.243 e. The molecule has 4 nitrogen and oxygen atoms in total. The Labute approximate surface area is 123 Å². The molecule has 6 heteroatoms. The van der Waals surface area contributed by atoms with Crippen LogP contribution in [0, 0.1) is 5.82 Å². The Morgan fingerprint density at radius 3 is 2.24 bits per heavy atom. The molecule has 2 N–H and O–H groups in total. The Kier molecular flexibility index (Phi) is 5.06. The maximum atomic E-state index is 13.5. The topological polar surface area (TPSA) is 66.4 Å². The van der Waals surface area contributed by atoms with Gasteiger partial charge in [-0.2, -0.15) is 0 Å². The number of rotatable bonds is 6. The molecule has 0 radical (unpaired) electrons. The first kappa shape index (κ1) is 15.6. The number of sulfonamides is 1. The molecule has 0 amide bonds. The number of benzene rings is 2. The number of halogens is 1. The molecular formula is C15H16FNO3S. The Bertz CT molecular complexity index is 699. The van der Waals surface area contributed by atoms with Crippen molar-refractivity contribution in [1.29, 1.82) is 0 Å². The van der Waals surface area contributed by atoms with Gasteiger partial charge in [-0.1, -0.05) is 36.4 Å². The molecule has 0 heterocycles. The summed E-state index contributed by atoms with van der Waals surface area (Å²) in [6.07, 6.45) is 0.486. The molecule has 2 rings (SSSR count). The van der Waals surface area contributed by atoms with Gasteiger partial charge in [0.05, 0.1) is 6.61 Å². The van der Waals surface area contributed by atoms with Gasteiger partial charge in [0, 0.05) is 6.54 Å². The van der Waals surface area contributed by atoms with Crippen LogP contribution in [0.3, 0.4) is 0 Å². The van der Waals surface area contributed by atoms with Crippen LogP contribution in [0.2, 0.25) is 0 Å². The minimum absolute atomic E-state index is 0.0276. The molecule has 2 aromatic carbocycles. The second-order valence-corrected chi connectivity index (χ2v) is 6.29. The first-order valence-electron chi connectivity index (χ1n) is 6.46. The van der Waals surface area contributed by atoms with Crippen molar-refractivity contribution >= 4 is 10.0 Å². The van der Waals surface area contributed by atoms with Gasteiger partial charge in [-0.05, 0) is 29.7 Å². The molecule has 0 fully saturated rings. The molecule has 0 saturated heterocycles. The Hall–Kier alpha value is -1.76. The summed E-state index contributed by atoms with van der Waals surface area (Å²) < 4.78 is 39.8. The van der Waals surface area contributed by atoms with E-state index >= 15 is 0 Å². The lowest BCUT2D eigenvalue weighted by Gasteiger charge is -2.08. The highest BCUT2D eigenvalue weighted by Gasteiger charge is 2.17. The van der Waals surface area contributed by atoms with Gasteiger partial charge in [0.1, 0.15) is 10.7 Å². The highest BCUT2D eigenvalue weighted by Crippen LogP contribution is 2.13. The van der Waals surface area contributed by atoms with Crippen molar-refractivity contribution in [3.8, 4) is 0 Å². The predicted molar refractivity (Wildman–Crippen MR) is 77.7 cm³/mol. The minimum atomic E-state index is -3.84. The highest BCUT2D eigenvalue weighted by molar-refractivity contribution is 7.89. The van der Waals surface area contributed by atoms with E-state index in [1.54, 1.807) is 12.1 Å². The Morgan fingerprint density at radius 2 is 1.62 bits per heavy atom. The molecule has 0 atom stereocenters. The van der Waals surface area contributed by atoms with Crippen LogP contribution >= 0.6 is 0 Å². The van der Waals surface area contributed by atoms with Crippen molar-refractivity contribution in [3.63, 3.8) is 0 Å². The lowest BCUT2D eigenvalue weighted by molar-refractivity contribution is 0.282. The summed E-state index contributed by atoms with van der Waals surface area (Å²) in [5.41, 5.74) is 1.73. The fourth-order valence-electron chi connectivity index (χ4n) is 1.88. The number of hydrogen-bond donors (Lipinski definition) is 2. The van der Waals surface area contributed by atoms with Crippen LogP contribution in [0.25, 0.3) is 0 Å². The third kappa shape index (κ3) is 4.10. The second kappa shape index (κ2) is 6.80. The first-order chi connectivity index (χ1) is 10.0. The van der Waals surface area contributed by atoms with E-state index in [-0.39, 0.29) is 18.0 Å². The van der Waals surface area contributed by atoms with Crippen LogP contribution in [0.4, 0.5) is 4.39 Å². The van der Waals surface area contributed by atoms with Crippen LogP contribution in [0.5, 0.6) is 0 Å². The number of hydrogen-bond acceptors (Lipinski definition) is 3. The number of aliphatic hydroxyl groups is 1. The summed E-state index contributed by atoms with van der Waals surface area (Å²) in [6, 6.07) is 12.5. The summed E-state index contributed by atoms with van der Waals surface area (Å²) in [5, 5.41) is 8.94. The van der Waals surface area contributed by atoms with E-state index in [9.17, 15) is 12.8 Å². The van der Waals surface area contributed by atoms with E-state index < -0.39 is 15.8 Å². The number of nitrogens with one attached hydrogen (secondary N) is 1. The smallest absolute Gasteiger partial charge is 0.243 e. The van der Waals surface area contributed by atoms with Crippen LogP contribution < -0.4 is 4.72 Å². The van der Waals surface area contributed by atoms with Gasteiger partial charge >= 0.3 is 0 Å². The van der Waals surface area contributed by atoms with E-state index in [4.69, 9.17) is 5.11 Å². The largest absolute Gasteiger partial charge is 0.392 e. The average molecular weight is 309 g/mol. The highest BCUT2D eigenvalue weighted by atomic mass is 32.2. The van der Waals surface area contributed by atoms with E-state index in [0.29, 0.717) is 6.42 Å². The van der Waals surface area contributed by atoms with Gasteiger partial charge in [-0.3, -0.25) is 0 Å². The Morgan fingerprint density at radius 1 is 1.00 bits per heavy atom. The molecule has 21 heavy (non-hydrogen) atoms. The lowest BCUT2D eigenvalue weighted by Crippen LogP contribution is -2.26. The molecule has 2 aromatic rings. The van der Waals surface area contributed by atoms with Gasteiger partial charge in [-0.25, -0.2) is 17.5 Å². The zero-order valence-corrected chi connectivity index (χ0v) is 12.1. The van der Waals surface area contributed by atoms with E-state index in [0.717, 1.165) is 17.2 Å². The summed E-state index contributed by atoms with van der Waals surface area (Å²) >= 11 is 0. The average Bonchev–Trinajstić information content (AvgIpc) is 2.48. The van der Waals surface area contributed by atoms with Gasteiger partial charge in [0.2, 0.25) is 10.0 Å². The van der Waals surface area contributed by atoms with E-state index in [1.165, 1.54) is 18.2 Å². The van der Waals surface area contributed by atoms with Crippen molar-refractivity contribution in [2.24, 2.45) is 0 Å². The van der Waals surface area contributed by atoms with E-state index in [1.807, 2.05) is 12.1 Å². The summed E-state index contributed by atoms with van der Waals surface area (Å²) in [4.78, 5) is -0.347. The molecule has 112 valence electrons. The Balaban J connectivity index is 1.97. The number of aliphatic hydroxyl groups excluding tert-OH is 1. The summed E-state index contributed by atoms with van der Waals surface area (Å²) in [6.45, 7) is 0.148. The normalized spacial score (nSPS) is 11.5. The molecular weight excluding hydrogens is 293 g/mol. The third-order valence-electron chi connectivity index (χ3n) is 3.04. The quantitative estimate of drug-likeness (QED) is 0.855. The SMILES string of the molecule is O=S(=O)(NCCc1ccc(CO)cc1)c1ccccc1F. The lowest BCUT2D eigenvalue weighted by atomic mass is 10.1. The molecule has 0 aliphatic heterocycles. The van der Waals surface area contributed by atoms with Gasteiger partial charge < -0.3 is 5.11 Å². The van der Waals surface area contributed by atoms with Crippen LogP contribution in [0.1, 0.15) is 11.1 Å². The third-order valence-corrected chi connectivity index (χ3v) is 4.53. The van der Waals surface area contributed by atoms with Crippen molar-refractivity contribution in [2.45, 2.75) is 17.9 Å². The van der Waals surface area contributed by atoms with Crippen molar-refractivity contribution in [1.82, 2.24) is 4.72 Å². The van der Waals surface area contributed by atoms with Crippen LogP contribution in [-0.2, 0) is 23.1 Å². The molecule has 0 aliphatic carbocycles.